The van der Waals surface area contributed by atoms with Crippen LogP contribution in [0.15, 0.2) is 60.7 Å². The summed E-state index contributed by atoms with van der Waals surface area (Å²) in [6.45, 7) is 0.749. The van der Waals surface area contributed by atoms with E-state index in [-0.39, 0.29) is 0 Å². The van der Waals surface area contributed by atoms with Gasteiger partial charge in [-0.25, -0.2) is 0 Å². The van der Waals surface area contributed by atoms with Crippen molar-refractivity contribution in [3.8, 4) is 0 Å². The summed E-state index contributed by atoms with van der Waals surface area (Å²) in [4.78, 5) is 0. The highest BCUT2D eigenvalue weighted by molar-refractivity contribution is 6.42. The van der Waals surface area contributed by atoms with E-state index in [0.717, 1.165) is 12.2 Å². The SMILES string of the molecule is Clc1ccc(NCc2cccc3ccccc23)cc1Cl. The molecule has 0 heterocycles. The molecular weight excluding hydrogens is 289 g/mol. The molecule has 3 aromatic rings. The first-order valence-electron chi connectivity index (χ1n) is 6.39. The molecule has 0 aliphatic heterocycles. The van der Waals surface area contributed by atoms with Gasteiger partial charge in [-0.1, -0.05) is 65.7 Å². The van der Waals surface area contributed by atoms with E-state index >= 15 is 0 Å². The van der Waals surface area contributed by atoms with Gasteiger partial charge in [0, 0.05) is 12.2 Å². The molecular formula is C17H13Cl2N. The van der Waals surface area contributed by atoms with Crippen LogP contribution >= 0.6 is 23.2 Å². The van der Waals surface area contributed by atoms with Crippen LogP contribution in [0.5, 0.6) is 0 Å². The molecule has 3 heteroatoms. The molecule has 0 bridgehead atoms. The Balaban J connectivity index is 1.85. The van der Waals surface area contributed by atoms with Gasteiger partial charge in [0.15, 0.2) is 0 Å². The zero-order valence-electron chi connectivity index (χ0n) is 10.7. The lowest BCUT2D eigenvalue weighted by Crippen LogP contribution is -1.99. The number of nitrogens with one attached hydrogen (secondary N) is 1. The maximum Gasteiger partial charge on any atom is 0.0612 e. The van der Waals surface area contributed by atoms with Gasteiger partial charge in [0.25, 0.3) is 0 Å². The minimum Gasteiger partial charge on any atom is -0.381 e. The van der Waals surface area contributed by atoms with Gasteiger partial charge < -0.3 is 5.32 Å². The van der Waals surface area contributed by atoms with Crippen molar-refractivity contribution in [2.75, 3.05) is 5.32 Å². The van der Waals surface area contributed by atoms with E-state index in [1.54, 1.807) is 6.07 Å². The Labute approximate surface area is 128 Å². The Kier molecular flexibility index (Phi) is 3.81. The van der Waals surface area contributed by atoms with E-state index in [9.17, 15) is 0 Å². The Morgan fingerprint density at radius 3 is 2.45 bits per heavy atom. The molecule has 0 aliphatic carbocycles. The molecule has 0 amide bonds. The fourth-order valence-corrected chi connectivity index (χ4v) is 2.55. The standard InChI is InChI=1S/C17H13Cl2N/c18-16-9-8-14(10-17(16)19)20-11-13-6-3-5-12-4-1-2-7-15(12)13/h1-10,20H,11H2. The van der Waals surface area contributed by atoms with Crippen LogP contribution < -0.4 is 5.32 Å². The summed E-state index contributed by atoms with van der Waals surface area (Å²) < 4.78 is 0. The van der Waals surface area contributed by atoms with Crippen LogP contribution in [0.25, 0.3) is 10.8 Å². The molecule has 0 fully saturated rings. The molecule has 0 radical (unpaired) electrons. The Bertz CT molecular complexity index is 748. The minimum atomic E-state index is 0.564. The van der Waals surface area contributed by atoms with E-state index in [1.807, 2.05) is 12.1 Å². The Morgan fingerprint density at radius 2 is 1.60 bits per heavy atom. The third-order valence-corrected chi connectivity index (χ3v) is 4.02. The average Bonchev–Trinajstić information content (AvgIpc) is 2.48. The zero-order valence-corrected chi connectivity index (χ0v) is 12.2. The summed E-state index contributed by atoms with van der Waals surface area (Å²) >= 11 is 11.9. The minimum absolute atomic E-state index is 0.564. The molecule has 1 nitrogen and oxygen atoms in total. The summed E-state index contributed by atoms with van der Waals surface area (Å²) in [6.07, 6.45) is 0. The third-order valence-electron chi connectivity index (χ3n) is 3.28. The molecule has 100 valence electrons. The van der Waals surface area contributed by atoms with Crippen LogP contribution in [0.3, 0.4) is 0 Å². The number of fused-ring (bicyclic) bond motifs is 1. The topological polar surface area (TPSA) is 12.0 Å². The first-order chi connectivity index (χ1) is 9.74. The molecule has 1 N–H and O–H groups in total. The molecule has 0 aromatic heterocycles. The van der Waals surface area contributed by atoms with Gasteiger partial charge in [-0.15, -0.1) is 0 Å². The first-order valence-corrected chi connectivity index (χ1v) is 7.15. The molecule has 0 unspecified atom stereocenters. The third kappa shape index (κ3) is 2.74. The van der Waals surface area contributed by atoms with Crippen molar-refractivity contribution in [3.05, 3.63) is 76.3 Å². The van der Waals surface area contributed by atoms with E-state index in [4.69, 9.17) is 23.2 Å². The van der Waals surface area contributed by atoms with Gasteiger partial charge >= 0.3 is 0 Å². The molecule has 20 heavy (non-hydrogen) atoms. The predicted octanol–water partition coefficient (Wildman–Crippen LogP) is 5.76. The van der Waals surface area contributed by atoms with Crippen LogP contribution in [-0.2, 0) is 6.54 Å². The second kappa shape index (κ2) is 5.74. The molecule has 0 atom stereocenters. The van der Waals surface area contributed by atoms with Crippen LogP contribution in [0.1, 0.15) is 5.56 Å². The molecule has 3 rings (SSSR count). The molecule has 0 spiro atoms. The number of hydrogen-bond donors (Lipinski definition) is 1. The fraction of sp³-hybridized carbons (Fsp3) is 0.0588. The number of anilines is 1. The lowest BCUT2D eigenvalue weighted by atomic mass is 10.0. The molecule has 0 saturated carbocycles. The summed E-state index contributed by atoms with van der Waals surface area (Å²) in [7, 11) is 0. The second-order valence-corrected chi connectivity index (χ2v) is 5.44. The lowest BCUT2D eigenvalue weighted by Gasteiger charge is -2.10. The first kappa shape index (κ1) is 13.3. The van der Waals surface area contributed by atoms with Gasteiger partial charge in [-0.05, 0) is 34.5 Å². The predicted molar refractivity (Wildman–Crippen MR) is 87.7 cm³/mol. The van der Waals surface area contributed by atoms with Gasteiger partial charge in [0.1, 0.15) is 0 Å². The van der Waals surface area contributed by atoms with Crippen LogP contribution in [0.2, 0.25) is 10.0 Å². The zero-order chi connectivity index (χ0) is 13.9. The average molecular weight is 302 g/mol. The maximum absolute atomic E-state index is 6.02. The normalized spacial score (nSPS) is 10.7. The van der Waals surface area contributed by atoms with Crippen molar-refractivity contribution in [1.29, 1.82) is 0 Å². The van der Waals surface area contributed by atoms with Crippen molar-refractivity contribution in [1.82, 2.24) is 0 Å². The van der Waals surface area contributed by atoms with Gasteiger partial charge in [-0.3, -0.25) is 0 Å². The van der Waals surface area contributed by atoms with Crippen LogP contribution in [0.4, 0.5) is 5.69 Å². The Morgan fingerprint density at radius 1 is 0.800 bits per heavy atom. The maximum atomic E-state index is 6.02. The highest BCUT2D eigenvalue weighted by Crippen LogP contribution is 2.26. The molecule has 0 saturated heterocycles. The van der Waals surface area contributed by atoms with Crippen molar-refractivity contribution in [3.63, 3.8) is 0 Å². The number of benzene rings is 3. The lowest BCUT2D eigenvalue weighted by molar-refractivity contribution is 1.17. The molecule has 0 aliphatic rings. The Hall–Kier alpha value is -1.70. The summed E-state index contributed by atoms with van der Waals surface area (Å²) in [5, 5.41) is 7.03. The number of rotatable bonds is 3. The van der Waals surface area contributed by atoms with E-state index in [0.29, 0.717) is 10.0 Å². The van der Waals surface area contributed by atoms with Crippen LogP contribution in [-0.4, -0.2) is 0 Å². The quantitative estimate of drug-likeness (QED) is 0.648. The number of hydrogen-bond acceptors (Lipinski definition) is 1. The molecule has 3 aromatic carbocycles. The fourth-order valence-electron chi connectivity index (χ4n) is 2.25. The van der Waals surface area contributed by atoms with Crippen molar-refractivity contribution >= 4 is 39.7 Å². The monoisotopic (exact) mass is 301 g/mol. The number of halogens is 2. The van der Waals surface area contributed by atoms with Gasteiger partial charge in [0.2, 0.25) is 0 Å². The van der Waals surface area contributed by atoms with E-state index in [1.165, 1.54) is 16.3 Å². The van der Waals surface area contributed by atoms with Gasteiger partial charge in [0.05, 0.1) is 10.0 Å². The highest BCUT2D eigenvalue weighted by Gasteiger charge is 2.02. The highest BCUT2D eigenvalue weighted by atomic mass is 35.5. The summed E-state index contributed by atoms with van der Waals surface area (Å²) in [5.41, 5.74) is 2.22. The van der Waals surface area contributed by atoms with Gasteiger partial charge in [-0.2, -0.15) is 0 Å². The van der Waals surface area contributed by atoms with Crippen molar-refractivity contribution < 1.29 is 0 Å². The summed E-state index contributed by atoms with van der Waals surface area (Å²) in [5.74, 6) is 0. The van der Waals surface area contributed by atoms with Crippen molar-refractivity contribution in [2.24, 2.45) is 0 Å². The smallest absolute Gasteiger partial charge is 0.0612 e. The van der Waals surface area contributed by atoms with E-state index in [2.05, 4.69) is 47.8 Å². The van der Waals surface area contributed by atoms with E-state index < -0.39 is 0 Å². The van der Waals surface area contributed by atoms with Crippen molar-refractivity contribution in [2.45, 2.75) is 6.54 Å². The van der Waals surface area contributed by atoms with Crippen LogP contribution in [0, 0.1) is 0 Å². The largest absolute Gasteiger partial charge is 0.381 e. The second-order valence-electron chi connectivity index (χ2n) is 4.62. The summed E-state index contributed by atoms with van der Waals surface area (Å²) in [6, 6.07) is 20.3.